The third-order valence-electron chi connectivity index (χ3n) is 5.80. The summed E-state index contributed by atoms with van der Waals surface area (Å²) in [5.41, 5.74) is 0. The minimum Gasteiger partial charge on any atom is -0.347 e. The van der Waals surface area contributed by atoms with Crippen LogP contribution in [-0.4, -0.2) is 49.1 Å². The Morgan fingerprint density at radius 3 is 2.73 bits per heavy atom. The summed E-state index contributed by atoms with van der Waals surface area (Å²) < 4.78 is 11.6. The van der Waals surface area contributed by atoms with E-state index in [1.54, 1.807) is 0 Å². The standard InChI is InChI=1S/C17H30N2O3/c1-3-13-6-4-8-15(13)18-16(20)19-9-5-7-14(12-19)17(2)21-10-11-22-17/h13-15H,3-12H2,1-2H3,(H,18,20). The van der Waals surface area contributed by atoms with Crippen molar-refractivity contribution in [2.45, 2.75) is 64.2 Å². The molecule has 1 N–H and O–H groups in total. The van der Waals surface area contributed by atoms with Gasteiger partial charge in [-0.05, 0) is 38.5 Å². The highest BCUT2D eigenvalue weighted by Crippen LogP contribution is 2.34. The van der Waals surface area contributed by atoms with Gasteiger partial charge in [-0.25, -0.2) is 4.79 Å². The molecule has 22 heavy (non-hydrogen) atoms. The van der Waals surface area contributed by atoms with Gasteiger partial charge in [-0.15, -0.1) is 0 Å². The molecular formula is C17H30N2O3. The second-order valence-electron chi connectivity index (χ2n) is 7.15. The van der Waals surface area contributed by atoms with E-state index >= 15 is 0 Å². The largest absolute Gasteiger partial charge is 0.347 e. The van der Waals surface area contributed by atoms with E-state index in [1.165, 1.54) is 12.8 Å². The highest BCUT2D eigenvalue weighted by atomic mass is 16.7. The number of amides is 2. The quantitative estimate of drug-likeness (QED) is 0.872. The van der Waals surface area contributed by atoms with Crippen molar-refractivity contribution in [3.05, 3.63) is 0 Å². The molecule has 2 saturated heterocycles. The van der Waals surface area contributed by atoms with Gasteiger partial charge in [0.25, 0.3) is 0 Å². The Kier molecular flexibility index (Phi) is 4.93. The van der Waals surface area contributed by atoms with Gasteiger partial charge in [0.1, 0.15) is 0 Å². The van der Waals surface area contributed by atoms with Gasteiger partial charge in [-0.1, -0.05) is 19.8 Å². The second kappa shape index (κ2) is 6.75. The smallest absolute Gasteiger partial charge is 0.317 e. The lowest BCUT2D eigenvalue weighted by molar-refractivity contribution is -0.189. The maximum Gasteiger partial charge on any atom is 0.317 e. The number of likely N-dealkylation sites (tertiary alicyclic amines) is 1. The Balaban J connectivity index is 1.56. The van der Waals surface area contributed by atoms with Crippen LogP contribution >= 0.6 is 0 Å². The Morgan fingerprint density at radius 2 is 2.00 bits per heavy atom. The van der Waals surface area contributed by atoms with Gasteiger partial charge in [0.2, 0.25) is 0 Å². The zero-order chi connectivity index (χ0) is 15.6. The molecule has 2 aliphatic heterocycles. The third-order valence-corrected chi connectivity index (χ3v) is 5.80. The van der Waals surface area contributed by atoms with E-state index in [9.17, 15) is 4.79 Å². The molecule has 0 aromatic heterocycles. The Bertz CT molecular complexity index is 395. The van der Waals surface area contributed by atoms with Crippen molar-refractivity contribution >= 4 is 6.03 Å². The van der Waals surface area contributed by atoms with Gasteiger partial charge in [0.05, 0.1) is 13.2 Å². The van der Waals surface area contributed by atoms with E-state index in [0.717, 1.165) is 38.8 Å². The van der Waals surface area contributed by atoms with Crippen molar-refractivity contribution in [1.29, 1.82) is 0 Å². The van der Waals surface area contributed by atoms with Crippen LogP contribution in [0.25, 0.3) is 0 Å². The molecule has 5 heteroatoms. The highest BCUT2D eigenvalue weighted by molar-refractivity contribution is 5.74. The number of hydrogen-bond acceptors (Lipinski definition) is 3. The fourth-order valence-electron chi connectivity index (χ4n) is 4.32. The number of ether oxygens (including phenoxy) is 2. The monoisotopic (exact) mass is 310 g/mol. The normalized spacial score (nSPS) is 34.8. The van der Waals surface area contributed by atoms with Gasteiger partial charge >= 0.3 is 6.03 Å². The number of rotatable bonds is 3. The maximum absolute atomic E-state index is 12.6. The zero-order valence-electron chi connectivity index (χ0n) is 14.0. The summed E-state index contributed by atoms with van der Waals surface area (Å²) in [5.74, 6) is 0.432. The molecule has 1 saturated carbocycles. The summed E-state index contributed by atoms with van der Waals surface area (Å²) in [5, 5.41) is 3.28. The van der Waals surface area contributed by atoms with Crippen molar-refractivity contribution in [3.8, 4) is 0 Å². The fourth-order valence-corrected chi connectivity index (χ4v) is 4.32. The van der Waals surface area contributed by atoms with Crippen LogP contribution in [0.1, 0.15) is 52.4 Å². The average Bonchev–Trinajstić information content (AvgIpc) is 3.17. The molecule has 0 spiro atoms. The van der Waals surface area contributed by atoms with Crippen LogP contribution < -0.4 is 5.32 Å². The van der Waals surface area contributed by atoms with Gasteiger partial charge in [0, 0.05) is 25.0 Å². The van der Waals surface area contributed by atoms with Crippen LogP contribution in [0.3, 0.4) is 0 Å². The second-order valence-corrected chi connectivity index (χ2v) is 7.15. The summed E-state index contributed by atoms with van der Waals surface area (Å²) in [4.78, 5) is 14.6. The van der Waals surface area contributed by atoms with Crippen molar-refractivity contribution < 1.29 is 14.3 Å². The first-order valence-electron chi connectivity index (χ1n) is 8.95. The Hall–Kier alpha value is -0.810. The molecule has 3 unspecified atom stereocenters. The number of carbonyl (C=O) groups is 1. The van der Waals surface area contributed by atoms with Crippen LogP contribution in [0.15, 0.2) is 0 Å². The van der Waals surface area contributed by atoms with E-state index in [2.05, 4.69) is 12.2 Å². The molecular weight excluding hydrogens is 280 g/mol. The lowest BCUT2D eigenvalue weighted by Gasteiger charge is -2.40. The summed E-state index contributed by atoms with van der Waals surface area (Å²) >= 11 is 0. The van der Waals surface area contributed by atoms with Crippen molar-refractivity contribution in [2.75, 3.05) is 26.3 Å². The molecule has 2 heterocycles. The van der Waals surface area contributed by atoms with Crippen LogP contribution in [0, 0.1) is 11.8 Å². The molecule has 0 aromatic rings. The minimum atomic E-state index is -0.502. The number of nitrogens with one attached hydrogen (secondary N) is 1. The molecule has 3 atom stereocenters. The molecule has 3 fully saturated rings. The number of nitrogens with zero attached hydrogens (tertiary/aromatic N) is 1. The molecule has 1 aliphatic carbocycles. The first-order valence-corrected chi connectivity index (χ1v) is 8.95. The van der Waals surface area contributed by atoms with Crippen molar-refractivity contribution in [3.63, 3.8) is 0 Å². The topological polar surface area (TPSA) is 50.8 Å². The Morgan fingerprint density at radius 1 is 1.23 bits per heavy atom. The van der Waals surface area contributed by atoms with Gasteiger partial charge in [0.15, 0.2) is 5.79 Å². The summed E-state index contributed by atoms with van der Waals surface area (Å²) in [7, 11) is 0. The molecule has 3 aliphatic rings. The lowest BCUT2D eigenvalue weighted by atomic mass is 9.90. The molecule has 0 radical (unpaired) electrons. The first kappa shape index (κ1) is 16.1. The Labute approximate surface area is 133 Å². The predicted octanol–water partition coefficient (Wildman–Crippen LogP) is 2.75. The van der Waals surface area contributed by atoms with Crippen molar-refractivity contribution in [2.24, 2.45) is 11.8 Å². The summed E-state index contributed by atoms with van der Waals surface area (Å²) in [6, 6.07) is 0.476. The number of hydrogen-bond donors (Lipinski definition) is 1. The molecule has 5 nitrogen and oxygen atoms in total. The highest BCUT2D eigenvalue weighted by Gasteiger charge is 2.42. The lowest BCUT2D eigenvalue weighted by Crippen LogP contribution is -2.53. The molecule has 126 valence electrons. The molecule has 2 amide bonds. The SMILES string of the molecule is CCC1CCCC1NC(=O)N1CCCC(C2(C)OCCO2)C1. The third kappa shape index (κ3) is 3.25. The van der Waals surface area contributed by atoms with Crippen LogP contribution in [0.5, 0.6) is 0 Å². The van der Waals surface area contributed by atoms with E-state index in [-0.39, 0.29) is 11.9 Å². The van der Waals surface area contributed by atoms with Gasteiger partial charge in [-0.3, -0.25) is 0 Å². The van der Waals surface area contributed by atoms with Crippen molar-refractivity contribution in [1.82, 2.24) is 10.2 Å². The van der Waals surface area contributed by atoms with Crippen LogP contribution in [0.2, 0.25) is 0 Å². The molecule has 0 aromatic carbocycles. The van der Waals surface area contributed by atoms with E-state index in [0.29, 0.717) is 25.2 Å². The van der Waals surface area contributed by atoms with E-state index < -0.39 is 5.79 Å². The zero-order valence-corrected chi connectivity index (χ0v) is 14.0. The fraction of sp³-hybridized carbons (Fsp3) is 0.941. The van der Waals surface area contributed by atoms with E-state index in [4.69, 9.17) is 9.47 Å². The molecule has 0 bridgehead atoms. The minimum absolute atomic E-state index is 0.108. The number of carbonyl (C=O) groups excluding carboxylic acids is 1. The first-order chi connectivity index (χ1) is 10.6. The van der Waals surface area contributed by atoms with Crippen LogP contribution in [-0.2, 0) is 9.47 Å². The van der Waals surface area contributed by atoms with Gasteiger partial charge < -0.3 is 19.7 Å². The predicted molar refractivity (Wildman–Crippen MR) is 84.6 cm³/mol. The van der Waals surface area contributed by atoms with Crippen LogP contribution in [0.4, 0.5) is 4.79 Å². The summed E-state index contributed by atoms with van der Waals surface area (Å²) in [6.45, 7) is 7.17. The number of urea groups is 1. The van der Waals surface area contributed by atoms with E-state index in [1.807, 2.05) is 11.8 Å². The maximum atomic E-state index is 12.6. The molecule has 3 rings (SSSR count). The average molecular weight is 310 g/mol. The van der Waals surface area contributed by atoms with Gasteiger partial charge in [-0.2, -0.15) is 0 Å². The number of piperidine rings is 1. The summed E-state index contributed by atoms with van der Waals surface area (Å²) in [6.07, 6.45) is 6.89.